The van der Waals surface area contributed by atoms with Gasteiger partial charge in [-0.05, 0) is 51.4 Å². The molecule has 0 aromatic rings. The van der Waals surface area contributed by atoms with Crippen LogP contribution in [0.25, 0.3) is 0 Å². The summed E-state index contributed by atoms with van der Waals surface area (Å²) < 4.78 is 5.74. The normalized spacial score (nSPS) is 12.1. The fraction of sp³-hybridized carbons (Fsp3) is 0.815. The Morgan fingerprint density at radius 1 is 0.758 bits per heavy atom. The van der Waals surface area contributed by atoms with Crippen LogP contribution in [0, 0.1) is 0 Å². The van der Waals surface area contributed by atoms with Crippen LogP contribution < -0.4 is 5.32 Å². The zero-order chi connectivity index (χ0) is 24.6. The maximum Gasteiger partial charge on any atom is 0.322 e. The third-order valence-electron chi connectivity index (χ3n) is 5.69. The van der Waals surface area contributed by atoms with Crippen LogP contribution in [0.5, 0.6) is 0 Å². The van der Waals surface area contributed by atoms with Gasteiger partial charge in [-0.15, -0.1) is 0 Å². The second-order valence-corrected chi connectivity index (χ2v) is 8.94. The molecule has 1 amide bonds. The molecule has 0 aromatic heterocycles. The Bertz CT molecular complexity index is 533. The summed E-state index contributed by atoms with van der Waals surface area (Å²) in [6.45, 7) is 4.02. The van der Waals surface area contributed by atoms with E-state index in [1.165, 1.54) is 38.5 Å². The van der Waals surface area contributed by atoms with Gasteiger partial charge in [0.1, 0.15) is 12.6 Å². The molecule has 0 aromatic carbocycles. The highest BCUT2D eigenvalue weighted by Gasteiger charge is 2.14. The summed E-state index contributed by atoms with van der Waals surface area (Å²) in [5.41, 5.74) is 0. The van der Waals surface area contributed by atoms with E-state index in [4.69, 9.17) is 9.84 Å². The number of amides is 1. The number of carboxylic acids is 1. The number of nitrogens with one attached hydrogen (secondary N) is 1. The molecule has 6 heteroatoms. The Morgan fingerprint density at radius 3 is 2.03 bits per heavy atom. The summed E-state index contributed by atoms with van der Waals surface area (Å²) in [5, 5.41) is 10.9. The van der Waals surface area contributed by atoms with Gasteiger partial charge in [-0.3, -0.25) is 14.4 Å². The van der Waals surface area contributed by atoms with Crippen molar-refractivity contribution in [3.05, 3.63) is 12.2 Å². The van der Waals surface area contributed by atoms with E-state index in [2.05, 4.69) is 31.3 Å². The summed E-state index contributed by atoms with van der Waals surface area (Å²) in [5.74, 6) is -1.34. The van der Waals surface area contributed by atoms with E-state index in [9.17, 15) is 14.4 Å². The number of ether oxygens (including phenoxy) is 1. The summed E-state index contributed by atoms with van der Waals surface area (Å²) in [6.07, 6.45) is 22.2. The van der Waals surface area contributed by atoms with Crippen LogP contribution in [0.2, 0.25) is 0 Å². The molecule has 0 heterocycles. The maximum absolute atomic E-state index is 12.2. The van der Waals surface area contributed by atoms with E-state index in [1.54, 1.807) is 0 Å². The molecule has 0 fully saturated rings. The quantitative estimate of drug-likeness (QED) is 0.0988. The van der Waals surface area contributed by atoms with Crippen LogP contribution in [-0.2, 0) is 19.1 Å². The van der Waals surface area contributed by atoms with Gasteiger partial charge in [0.05, 0.1) is 0 Å². The molecule has 0 saturated heterocycles. The van der Waals surface area contributed by atoms with Crippen LogP contribution in [0.1, 0.15) is 129 Å². The molecule has 0 rings (SSSR count). The molecule has 1 unspecified atom stereocenters. The second-order valence-electron chi connectivity index (χ2n) is 8.94. The van der Waals surface area contributed by atoms with Gasteiger partial charge in [-0.25, -0.2) is 0 Å². The van der Waals surface area contributed by atoms with Crippen LogP contribution in [0.15, 0.2) is 12.2 Å². The van der Waals surface area contributed by atoms with Crippen molar-refractivity contribution in [2.75, 3.05) is 6.54 Å². The Morgan fingerprint density at radius 2 is 1.33 bits per heavy atom. The molecular formula is C27H49NO5. The van der Waals surface area contributed by atoms with Crippen molar-refractivity contribution in [2.24, 2.45) is 0 Å². The van der Waals surface area contributed by atoms with Gasteiger partial charge in [0.25, 0.3) is 0 Å². The second kappa shape index (κ2) is 23.3. The van der Waals surface area contributed by atoms with Gasteiger partial charge in [0.15, 0.2) is 0 Å². The predicted molar refractivity (Wildman–Crippen MR) is 134 cm³/mol. The van der Waals surface area contributed by atoms with E-state index in [0.29, 0.717) is 19.3 Å². The summed E-state index contributed by atoms with van der Waals surface area (Å²) >= 11 is 0. The first-order valence-corrected chi connectivity index (χ1v) is 13.3. The number of rotatable bonds is 23. The summed E-state index contributed by atoms with van der Waals surface area (Å²) in [4.78, 5) is 34.2. The highest BCUT2D eigenvalue weighted by atomic mass is 16.5. The number of esters is 1. The molecule has 6 nitrogen and oxygen atoms in total. The van der Waals surface area contributed by atoms with Gasteiger partial charge in [-0.1, -0.05) is 77.4 Å². The number of hydrogen-bond acceptors (Lipinski definition) is 4. The van der Waals surface area contributed by atoms with E-state index < -0.39 is 5.97 Å². The molecule has 0 radical (unpaired) electrons. The molecule has 0 bridgehead atoms. The highest BCUT2D eigenvalue weighted by molar-refractivity contribution is 5.80. The fourth-order valence-corrected chi connectivity index (χ4v) is 3.66. The molecular weight excluding hydrogens is 418 g/mol. The van der Waals surface area contributed by atoms with Gasteiger partial charge in [-0.2, -0.15) is 0 Å². The number of carbonyl (C=O) groups excluding carboxylic acids is 2. The van der Waals surface area contributed by atoms with Crippen LogP contribution in [-0.4, -0.2) is 35.6 Å². The Balaban J connectivity index is 3.85. The van der Waals surface area contributed by atoms with Crippen LogP contribution >= 0.6 is 0 Å². The lowest BCUT2D eigenvalue weighted by atomic mass is 10.0. The van der Waals surface area contributed by atoms with E-state index in [1.807, 2.05) is 0 Å². The minimum Gasteiger partial charge on any atom is -0.480 e. The van der Waals surface area contributed by atoms with Crippen LogP contribution in [0.4, 0.5) is 0 Å². The standard InChI is InChI=1S/C27H49NO5/c1-3-5-7-8-9-10-11-12-13-14-18-22-27(32)33-24(19-6-4-2)20-16-15-17-21-25(29)28-23-26(30)31/h8-9,24H,3-7,10-23H2,1-2H3,(H,28,29)(H,30,31)/b9-8-. The third-order valence-corrected chi connectivity index (χ3v) is 5.69. The van der Waals surface area contributed by atoms with Crippen molar-refractivity contribution in [2.45, 2.75) is 136 Å². The highest BCUT2D eigenvalue weighted by Crippen LogP contribution is 2.16. The lowest BCUT2D eigenvalue weighted by Gasteiger charge is -2.18. The van der Waals surface area contributed by atoms with Gasteiger partial charge < -0.3 is 15.2 Å². The topological polar surface area (TPSA) is 92.7 Å². The smallest absolute Gasteiger partial charge is 0.322 e. The van der Waals surface area contributed by atoms with Crippen molar-refractivity contribution in [1.82, 2.24) is 5.32 Å². The van der Waals surface area contributed by atoms with Crippen molar-refractivity contribution in [1.29, 1.82) is 0 Å². The summed E-state index contributed by atoms with van der Waals surface area (Å²) in [7, 11) is 0. The Kier molecular flexibility index (Phi) is 22.0. The molecule has 0 spiro atoms. The molecule has 1 atom stereocenters. The number of carboxylic acid groups (broad SMARTS) is 1. The largest absolute Gasteiger partial charge is 0.480 e. The number of carbonyl (C=O) groups is 3. The number of unbranched alkanes of at least 4 members (excludes halogenated alkanes) is 10. The molecule has 2 N–H and O–H groups in total. The van der Waals surface area contributed by atoms with Crippen molar-refractivity contribution in [3.8, 4) is 0 Å². The molecule has 0 aliphatic rings. The maximum atomic E-state index is 12.2. The molecule has 0 aliphatic carbocycles. The summed E-state index contributed by atoms with van der Waals surface area (Å²) in [6, 6.07) is 0. The van der Waals surface area contributed by atoms with Crippen molar-refractivity contribution in [3.63, 3.8) is 0 Å². The minimum absolute atomic E-state index is 0.0298. The average Bonchev–Trinajstić information content (AvgIpc) is 2.79. The monoisotopic (exact) mass is 467 g/mol. The molecule has 0 saturated carbocycles. The SMILES string of the molecule is CCCC/C=C\CCCCCCCC(=O)OC(CCCC)CCCCCC(=O)NCC(=O)O. The van der Waals surface area contributed by atoms with Gasteiger partial charge in [0, 0.05) is 12.8 Å². The number of allylic oxidation sites excluding steroid dienone is 2. The molecule has 33 heavy (non-hydrogen) atoms. The minimum atomic E-state index is -1.03. The Labute approximate surface area is 201 Å². The zero-order valence-corrected chi connectivity index (χ0v) is 21.2. The van der Waals surface area contributed by atoms with Crippen molar-refractivity contribution >= 4 is 17.8 Å². The number of aliphatic carboxylic acids is 1. The third kappa shape index (κ3) is 23.1. The zero-order valence-electron chi connectivity index (χ0n) is 21.2. The first-order valence-electron chi connectivity index (χ1n) is 13.3. The molecule has 192 valence electrons. The Hall–Kier alpha value is -1.85. The first-order chi connectivity index (χ1) is 16.0. The van der Waals surface area contributed by atoms with Crippen molar-refractivity contribution < 1.29 is 24.2 Å². The van der Waals surface area contributed by atoms with E-state index >= 15 is 0 Å². The predicted octanol–water partition coefficient (Wildman–Crippen LogP) is 6.72. The van der Waals surface area contributed by atoms with Gasteiger partial charge >= 0.3 is 11.9 Å². The fourth-order valence-electron chi connectivity index (χ4n) is 3.66. The van der Waals surface area contributed by atoms with Crippen LogP contribution in [0.3, 0.4) is 0 Å². The lowest BCUT2D eigenvalue weighted by Crippen LogP contribution is -2.28. The van der Waals surface area contributed by atoms with Gasteiger partial charge in [0.2, 0.25) is 5.91 Å². The first kappa shape index (κ1) is 31.1. The molecule has 0 aliphatic heterocycles. The lowest BCUT2D eigenvalue weighted by molar-refractivity contribution is -0.150. The van der Waals surface area contributed by atoms with E-state index in [-0.39, 0.29) is 24.5 Å². The van der Waals surface area contributed by atoms with E-state index in [0.717, 1.165) is 57.8 Å². The average molecular weight is 468 g/mol. The number of hydrogen-bond donors (Lipinski definition) is 2.